The summed E-state index contributed by atoms with van der Waals surface area (Å²) in [4.78, 5) is 9.93. The van der Waals surface area contributed by atoms with Gasteiger partial charge in [0, 0.05) is 26.7 Å². The van der Waals surface area contributed by atoms with E-state index in [1.165, 1.54) is 36.0 Å². The maximum absolute atomic E-state index is 6.15. The summed E-state index contributed by atoms with van der Waals surface area (Å²) < 4.78 is 0. The first-order valence-electron chi connectivity index (χ1n) is 9.25. The second-order valence-electron chi connectivity index (χ2n) is 7.03. The summed E-state index contributed by atoms with van der Waals surface area (Å²) in [5.41, 5.74) is 6.13. The van der Waals surface area contributed by atoms with E-state index in [0.717, 1.165) is 33.7 Å². The molecule has 6 heteroatoms. The van der Waals surface area contributed by atoms with Crippen molar-refractivity contribution in [3.8, 4) is 11.1 Å². The van der Waals surface area contributed by atoms with E-state index in [0.29, 0.717) is 10.0 Å². The number of hydrogen-bond donors (Lipinski definition) is 1. The minimum atomic E-state index is 0.584. The molecule has 0 atom stereocenters. The molecule has 2 aromatic heterocycles. The molecule has 0 bridgehead atoms. The first-order valence-corrected chi connectivity index (χ1v) is 10.9. The Balaban J connectivity index is 1.61. The maximum Gasteiger partial charge on any atom is 0.143 e. The highest BCUT2D eigenvalue weighted by Crippen LogP contribution is 2.39. The third kappa shape index (κ3) is 3.37. The third-order valence-corrected chi connectivity index (χ3v) is 6.48. The Kier molecular flexibility index (Phi) is 4.71. The summed E-state index contributed by atoms with van der Waals surface area (Å²) >= 11 is 13.9. The molecule has 28 heavy (non-hydrogen) atoms. The third-order valence-electron chi connectivity index (χ3n) is 5.16. The van der Waals surface area contributed by atoms with Crippen LogP contribution < -0.4 is 5.32 Å². The fourth-order valence-electron chi connectivity index (χ4n) is 3.85. The number of hydrogen-bond acceptors (Lipinski definition) is 4. The van der Waals surface area contributed by atoms with Gasteiger partial charge in [-0.15, -0.1) is 11.3 Å². The lowest BCUT2D eigenvalue weighted by Crippen LogP contribution is -2.02. The van der Waals surface area contributed by atoms with Crippen LogP contribution in [0.2, 0.25) is 10.0 Å². The van der Waals surface area contributed by atoms with Crippen molar-refractivity contribution in [2.75, 3.05) is 5.32 Å². The van der Waals surface area contributed by atoms with E-state index >= 15 is 0 Å². The first kappa shape index (κ1) is 17.9. The van der Waals surface area contributed by atoms with Gasteiger partial charge in [0.15, 0.2) is 0 Å². The number of rotatable bonds is 3. The minimum absolute atomic E-state index is 0.584. The highest BCUT2D eigenvalue weighted by Gasteiger charge is 2.16. The molecule has 1 N–H and O–H groups in total. The maximum atomic E-state index is 6.15. The highest BCUT2D eigenvalue weighted by molar-refractivity contribution is 7.17. The standard InChI is InChI=1S/C22H17Cl2N3S/c23-16-8-17(24)10-18(9-16)27-21-20-19(11-28-22(20)26-12-25-21)15-6-5-13-3-1-2-4-14(13)7-15/h5-12H,1-4H2,(H,25,26,27). The molecule has 3 nitrogen and oxygen atoms in total. The average molecular weight is 426 g/mol. The molecular formula is C22H17Cl2N3S. The van der Waals surface area contributed by atoms with Crippen LogP contribution in [-0.2, 0) is 12.8 Å². The van der Waals surface area contributed by atoms with Gasteiger partial charge in [0.1, 0.15) is 17.0 Å². The number of anilines is 2. The second kappa shape index (κ2) is 7.36. The fraction of sp³-hybridized carbons (Fsp3) is 0.182. The van der Waals surface area contributed by atoms with E-state index in [4.69, 9.17) is 23.2 Å². The van der Waals surface area contributed by atoms with Crippen LogP contribution in [0.4, 0.5) is 11.5 Å². The molecule has 5 rings (SSSR count). The molecule has 0 amide bonds. The number of nitrogens with one attached hydrogen (secondary N) is 1. The number of aromatic nitrogens is 2. The number of fused-ring (bicyclic) bond motifs is 2. The quantitative estimate of drug-likeness (QED) is 0.374. The summed E-state index contributed by atoms with van der Waals surface area (Å²) in [5, 5.41) is 7.74. The van der Waals surface area contributed by atoms with E-state index < -0.39 is 0 Å². The second-order valence-corrected chi connectivity index (χ2v) is 8.76. The van der Waals surface area contributed by atoms with Gasteiger partial charge in [-0.1, -0.05) is 41.4 Å². The zero-order valence-corrected chi connectivity index (χ0v) is 17.3. The van der Waals surface area contributed by atoms with Gasteiger partial charge in [0.2, 0.25) is 0 Å². The van der Waals surface area contributed by atoms with Crippen molar-refractivity contribution in [3.05, 3.63) is 69.3 Å². The van der Waals surface area contributed by atoms with Crippen LogP contribution in [0, 0.1) is 0 Å². The Morgan fingerprint density at radius 3 is 2.50 bits per heavy atom. The molecule has 0 aliphatic heterocycles. The average Bonchev–Trinajstić information content (AvgIpc) is 3.12. The lowest BCUT2D eigenvalue weighted by atomic mass is 9.89. The lowest BCUT2D eigenvalue weighted by molar-refractivity contribution is 0.686. The van der Waals surface area contributed by atoms with E-state index in [9.17, 15) is 0 Å². The minimum Gasteiger partial charge on any atom is -0.339 e. The molecule has 2 heterocycles. The van der Waals surface area contributed by atoms with Crippen molar-refractivity contribution >= 4 is 56.3 Å². The summed E-state index contributed by atoms with van der Waals surface area (Å²) in [6.45, 7) is 0. The van der Waals surface area contributed by atoms with E-state index in [1.807, 2.05) is 12.1 Å². The van der Waals surface area contributed by atoms with E-state index in [2.05, 4.69) is 38.9 Å². The zero-order valence-electron chi connectivity index (χ0n) is 15.0. The van der Waals surface area contributed by atoms with Crippen molar-refractivity contribution in [3.63, 3.8) is 0 Å². The molecular weight excluding hydrogens is 409 g/mol. The molecule has 0 spiro atoms. The topological polar surface area (TPSA) is 37.8 Å². The predicted molar refractivity (Wildman–Crippen MR) is 119 cm³/mol. The summed E-state index contributed by atoms with van der Waals surface area (Å²) in [6, 6.07) is 12.2. The zero-order chi connectivity index (χ0) is 19.1. The lowest BCUT2D eigenvalue weighted by Gasteiger charge is -2.16. The van der Waals surface area contributed by atoms with Crippen LogP contribution in [0.5, 0.6) is 0 Å². The number of nitrogens with zero attached hydrogens (tertiary/aromatic N) is 2. The monoisotopic (exact) mass is 425 g/mol. The van der Waals surface area contributed by atoms with Crippen molar-refractivity contribution in [1.29, 1.82) is 0 Å². The van der Waals surface area contributed by atoms with Crippen molar-refractivity contribution in [2.24, 2.45) is 0 Å². The normalized spacial score (nSPS) is 13.5. The number of halogens is 2. The first-order chi connectivity index (χ1) is 13.7. The van der Waals surface area contributed by atoms with Gasteiger partial charge in [-0.3, -0.25) is 0 Å². The Hall–Kier alpha value is -2.14. The predicted octanol–water partition coefficient (Wildman–Crippen LogP) is 7.29. The molecule has 4 aromatic rings. The van der Waals surface area contributed by atoms with Crippen LogP contribution >= 0.6 is 34.5 Å². The Morgan fingerprint density at radius 1 is 0.893 bits per heavy atom. The van der Waals surface area contributed by atoms with Gasteiger partial charge in [-0.25, -0.2) is 9.97 Å². The van der Waals surface area contributed by atoms with E-state index in [1.54, 1.807) is 23.7 Å². The molecule has 1 aliphatic carbocycles. The number of benzene rings is 2. The molecule has 0 fully saturated rings. The number of thiophene rings is 1. The fourth-order valence-corrected chi connectivity index (χ4v) is 5.29. The van der Waals surface area contributed by atoms with Crippen molar-refractivity contribution in [1.82, 2.24) is 9.97 Å². The SMILES string of the molecule is Clc1cc(Cl)cc(Nc2ncnc3scc(-c4ccc5c(c4)CCCC5)c23)c1. The highest BCUT2D eigenvalue weighted by atomic mass is 35.5. The van der Waals surface area contributed by atoms with Crippen LogP contribution in [-0.4, -0.2) is 9.97 Å². The molecule has 2 aromatic carbocycles. The summed E-state index contributed by atoms with van der Waals surface area (Å²) in [7, 11) is 0. The van der Waals surface area contributed by atoms with E-state index in [-0.39, 0.29) is 0 Å². The van der Waals surface area contributed by atoms with Crippen molar-refractivity contribution < 1.29 is 0 Å². The summed E-state index contributed by atoms with van der Waals surface area (Å²) in [5.74, 6) is 0.761. The van der Waals surface area contributed by atoms with Gasteiger partial charge >= 0.3 is 0 Å². The van der Waals surface area contributed by atoms with Gasteiger partial charge in [-0.2, -0.15) is 0 Å². The molecule has 0 saturated carbocycles. The largest absolute Gasteiger partial charge is 0.339 e. The van der Waals surface area contributed by atoms with Gasteiger partial charge in [-0.05, 0) is 60.6 Å². The molecule has 0 radical (unpaired) electrons. The van der Waals surface area contributed by atoms with Crippen LogP contribution in [0.1, 0.15) is 24.0 Å². The Bertz CT molecular complexity index is 1170. The summed E-state index contributed by atoms with van der Waals surface area (Å²) in [6.07, 6.45) is 6.49. The van der Waals surface area contributed by atoms with Crippen molar-refractivity contribution in [2.45, 2.75) is 25.7 Å². The van der Waals surface area contributed by atoms with Crippen LogP contribution in [0.25, 0.3) is 21.3 Å². The molecule has 1 aliphatic rings. The van der Waals surface area contributed by atoms with Gasteiger partial charge in [0.25, 0.3) is 0 Å². The van der Waals surface area contributed by atoms with Crippen LogP contribution in [0.15, 0.2) is 48.1 Å². The molecule has 0 unspecified atom stereocenters. The molecule has 0 saturated heterocycles. The molecule has 140 valence electrons. The Morgan fingerprint density at radius 2 is 1.68 bits per heavy atom. The van der Waals surface area contributed by atoms with Gasteiger partial charge < -0.3 is 5.32 Å². The van der Waals surface area contributed by atoms with Gasteiger partial charge in [0.05, 0.1) is 5.39 Å². The number of aryl methyl sites for hydroxylation is 2. The van der Waals surface area contributed by atoms with Crippen LogP contribution in [0.3, 0.4) is 0 Å². The Labute approximate surface area is 177 Å². The smallest absolute Gasteiger partial charge is 0.143 e.